The first kappa shape index (κ1) is 12.9. The van der Waals surface area contributed by atoms with E-state index in [2.05, 4.69) is 28.0 Å². The van der Waals surface area contributed by atoms with E-state index in [1.807, 2.05) is 14.0 Å². The zero-order valence-electron chi connectivity index (χ0n) is 11.2. The van der Waals surface area contributed by atoms with Crippen LogP contribution in [0.5, 0.6) is 0 Å². The summed E-state index contributed by atoms with van der Waals surface area (Å²) in [5, 5.41) is 13.6. The van der Waals surface area contributed by atoms with Crippen LogP contribution in [-0.4, -0.2) is 53.9 Å². The minimum absolute atomic E-state index is 0.241. The Bertz CT molecular complexity index is 472. The van der Waals surface area contributed by atoms with Gasteiger partial charge in [-0.15, -0.1) is 0 Å². The molecular formula is C12H20N6. The molecule has 6 heteroatoms. The maximum absolute atomic E-state index is 9.28. The maximum atomic E-state index is 9.28. The summed E-state index contributed by atoms with van der Waals surface area (Å²) in [5.41, 5.74) is 7.31. The van der Waals surface area contributed by atoms with Crippen LogP contribution in [0.2, 0.25) is 0 Å². The molecule has 2 heterocycles. The Morgan fingerprint density at radius 3 is 2.78 bits per heavy atom. The Morgan fingerprint density at radius 1 is 1.44 bits per heavy atom. The Balaban J connectivity index is 2.39. The molecule has 1 atom stereocenters. The lowest BCUT2D eigenvalue weighted by molar-refractivity contribution is 0.267. The average molecular weight is 248 g/mol. The molecule has 2 rings (SSSR count). The van der Waals surface area contributed by atoms with Crippen LogP contribution in [0, 0.1) is 18.3 Å². The lowest BCUT2D eigenvalue weighted by Gasteiger charge is -2.40. The van der Waals surface area contributed by atoms with Gasteiger partial charge in [-0.25, -0.2) is 0 Å². The third-order valence-corrected chi connectivity index (χ3v) is 3.53. The molecular weight excluding hydrogens is 228 g/mol. The van der Waals surface area contributed by atoms with Crippen LogP contribution >= 0.6 is 0 Å². The van der Waals surface area contributed by atoms with Gasteiger partial charge in [0.1, 0.15) is 17.5 Å². The molecule has 1 fully saturated rings. The van der Waals surface area contributed by atoms with Gasteiger partial charge in [-0.2, -0.15) is 10.4 Å². The highest BCUT2D eigenvalue weighted by atomic mass is 15.4. The number of nitrogens with zero attached hydrogens (tertiary/aromatic N) is 5. The van der Waals surface area contributed by atoms with E-state index in [1.54, 1.807) is 4.68 Å². The van der Waals surface area contributed by atoms with E-state index in [0.29, 0.717) is 12.1 Å². The van der Waals surface area contributed by atoms with Crippen LogP contribution in [0.15, 0.2) is 0 Å². The normalized spacial score (nSPS) is 21.1. The molecule has 1 aromatic rings. The van der Waals surface area contributed by atoms with Crippen LogP contribution in [-0.2, 0) is 7.05 Å². The fraction of sp³-hybridized carbons (Fsp3) is 0.667. The van der Waals surface area contributed by atoms with Crippen LogP contribution in [0.1, 0.15) is 11.3 Å². The predicted octanol–water partition coefficient (Wildman–Crippen LogP) is -0.321. The van der Waals surface area contributed by atoms with Crippen molar-refractivity contribution < 1.29 is 0 Å². The standard InChI is InChI=1S/C12H20N6/c1-9-11(7-14)12(17(3)15-9)18-5-4-16(2)8-10(18)6-13/h10H,4-6,8,13H2,1-3H3. The van der Waals surface area contributed by atoms with E-state index in [4.69, 9.17) is 5.73 Å². The summed E-state index contributed by atoms with van der Waals surface area (Å²) in [6.45, 7) is 5.23. The summed E-state index contributed by atoms with van der Waals surface area (Å²) in [6, 6.07) is 2.50. The highest BCUT2D eigenvalue weighted by Gasteiger charge is 2.29. The van der Waals surface area contributed by atoms with Gasteiger partial charge < -0.3 is 15.5 Å². The molecule has 0 aromatic carbocycles. The molecule has 1 saturated heterocycles. The first-order valence-corrected chi connectivity index (χ1v) is 6.17. The molecule has 0 bridgehead atoms. The molecule has 0 radical (unpaired) electrons. The summed E-state index contributed by atoms with van der Waals surface area (Å²) in [4.78, 5) is 4.49. The van der Waals surface area contributed by atoms with Gasteiger partial charge in [0.25, 0.3) is 0 Å². The Kier molecular flexibility index (Phi) is 3.55. The quantitative estimate of drug-likeness (QED) is 0.776. The van der Waals surface area contributed by atoms with Gasteiger partial charge in [-0.05, 0) is 14.0 Å². The zero-order chi connectivity index (χ0) is 13.3. The molecule has 6 nitrogen and oxygen atoms in total. The number of likely N-dealkylation sites (N-methyl/N-ethyl adjacent to an activating group) is 1. The molecule has 18 heavy (non-hydrogen) atoms. The third kappa shape index (κ3) is 2.07. The number of hydrogen-bond acceptors (Lipinski definition) is 5. The summed E-state index contributed by atoms with van der Waals surface area (Å²) in [7, 11) is 3.98. The molecule has 1 aliphatic rings. The smallest absolute Gasteiger partial charge is 0.145 e. The number of nitriles is 1. The molecule has 0 spiro atoms. The average Bonchev–Trinajstić information content (AvgIpc) is 2.63. The van der Waals surface area contributed by atoms with E-state index in [-0.39, 0.29) is 6.04 Å². The zero-order valence-corrected chi connectivity index (χ0v) is 11.2. The van der Waals surface area contributed by atoms with Gasteiger partial charge in [0.15, 0.2) is 0 Å². The molecule has 0 amide bonds. The van der Waals surface area contributed by atoms with Gasteiger partial charge in [0.05, 0.1) is 11.7 Å². The highest BCUT2D eigenvalue weighted by molar-refractivity contribution is 5.58. The van der Waals surface area contributed by atoms with Crippen molar-refractivity contribution >= 4 is 5.82 Å². The summed E-state index contributed by atoms with van der Waals surface area (Å²) >= 11 is 0. The summed E-state index contributed by atoms with van der Waals surface area (Å²) < 4.78 is 1.79. The van der Waals surface area contributed by atoms with Gasteiger partial charge in [-0.1, -0.05) is 0 Å². The second-order valence-electron chi connectivity index (χ2n) is 4.86. The third-order valence-electron chi connectivity index (χ3n) is 3.53. The van der Waals surface area contributed by atoms with Crippen LogP contribution < -0.4 is 10.6 Å². The van der Waals surface area contributed by atoms with E-state index in [0.717, 1.165) is 31.1 Å². The molecule has 0 aliphatic carbocycles. The van der Waals surface area contributed by atoms with Gasteiger partial charge in [0.2, 0.25) is 0 Å². The Labute approximate surface area is 108 Å². The van der Waals surface area contributed by atoms with Crippen LogP contribution in [0.4, 0.5) is 5.82 Å². The Hall–Kier alpha value is -1.58. The number of piperazine rings is 1. The number of aromatic nitrogens is 2. The van der Waals surface area contributed by atoms with Crippen molar-refractivity contribution in [3.63, 3.8) is 0 Å². The molecule has 2 N–H and O–H groups in total. The monoisotopic (exact) mass is 248 g/mol. The fourth-order valence-corrected chi connectivity index (χ4v) is 2.60. The number of rotatable bonds is 2. The minimum atomic E-state index is 0.241. The fourth-order valence-electron chi connectivity index (χ4n) is 2.60. The minimum Gasteiger partial charge on any atom is -0.349 e. The van der Waals surface area contributed by atoms with Crippen molar-refractivity contribution in [1.82, 2.24) is 14.7 Å². The van der Waals surface area contributed by atoms with Crippen molar-refractivity contribution in [3.8, 4) is 6.07 Å². The van der Waals surface area contributed by atoms with Crippen molar-refractivity contribution in [2.45, 2.75) is 13.0 Å². The molecule has 1 aliphatic heterocycles. The molecule has 1 aromatic heterocycles. The summed E-state index contributed by atoms with van der Waals surface area (Å²) in [5.74, 6) is 0.901. The first-order valence-electron chi connectivity index (χ1n) is 6.17. The number of hydrogen-bond donors (Lipinski definition) is 1. The van der Waals surface area contributed by atoms with E-state index in [1.165, 1.54) is 0 Å². The van der Waals surface area contributed by atoms with Gasteiger partial charge >= 0.3 is 0 Å². The topological polar surface area (TPSA) is 74.1 Å². The van der Waals surface area contributed by atoms with Gasteiger partial charge in [0, 0.05) is 33.2 Å². The van der Waals surface area contributed by atoms with Crippen molar-refractivity contribution in [1.29, 1.82) is 5.26 Å². The predicted molar refractivity (Wildman–Crippen MR) is 70.3 cm³/mol. The molecule has 1 unspecified atom stereocenters. The van der Waals surface area contributed by atoms with Gasteiger partial charge in [-0.3, -0.25) is 4.68 Å². The molecule has 98 valence electrons. The first-order chi connectivity index (χ1) is 8.58. The van der Waals surface area contributed by atoms with Crippen LogP contribution in [0.25, 0.3) is 0 Å². The number of nitrogens with two attached hydrogens (primary N) is 1. The van der Waals surface area contributed by atoms with E-state index >= 15 is 0 Å². The SMILES string of the molecule is Cc1nn(C)c(N2CCN(C)CC2CN)c1C#N. The van der Waals surface area contributed by atoms with E-state index < -0.39 is 0 Å². The second kappa shape index (κ2) is 4.96. The summed E-state index contributed by atoms with van der Waals surface area (Å²) in [6.07, 6.45) is 0. The lowest BCUT2D eigenvalue weighted by Crippen LogP contribution is -2.55. The maximum Gasteiger partial charge on any atom is 0.145 e. The highest BCUT2D eigenvalue weighted by Crippen LogP contribution is 2.25. The second-order valence-corrected chi connectivity index (χ2v) is 4.86. The largest absolute Gasteiger partial charge is 0.349 e. The van der Waals surface area contributed by atoms with Crippen molar-refractivity contribution in [3.05, 3.63) is 11.3 Å². The van der Waals surface area contributed by atoms with Crippen LogP contribution in [0.3, 0.4) is 0 Å². The molecule has 0 saturated carbocycles. The van der Waals surface area contributed by atoms with Crippen molar-refractivity contribution in [2.24, 2.45) is 12.8 Å². The number of anilines is 1. The van der Waals surface area contributed by atoms with E-state index in [9.17, 15) is 5.26 Å². The lowest BCUT2D eigenvalue weighted by atomic mass is 10.1. The van der Waals surface area contributed by atoms with Crippen molar-refractivity contribution in [2.75, 3.05) is 38.1 Å². The Morgan fingerprint density at radius 2 is 2.17 bits per heavy atom. The number of aryl methyl sites for hydroxylation is 2.